The van der Waals surface area contributed by atoms with Gasteiger partial charge in [0.15, 0.2) is 0 Å². The van der Waals surface area contributed by atoms with Gasteiger partial charge >= 0.3 is 0 Å². The largest absolute Gasteiger partial charge is 0.398 e. The molecule has 1 aliphatic carbocycles. The maximum atomic E-state index is 12.5. The molecule has 1 aromatic rings. The van der Waals surface area contributed by atoms with E-state index >= 15 is 0 Å². The summed E-state index contributed by atoms with van der Waals surface area (Å²) in [5.41, 5.74) is 8.18. The van der Waals surface area contributed by atoms with Crippen molar-refractivity contribution >= 4 is 17.3 Å². The number of anilines is 2. The molecule has 0 aliphatic heterocycles. The van der Waals surface area contributed by atoms with E-state index in [1.54, 1.807) is 0 Å². The molecule has 0 heterocycles. The first-order valence-corrected chi connectivity index (χ1v) is 7.57. The third-order valence-corrected chi connectivity index (χ3v) is 4.41. The number of aliphatic hydroxyl groups is 1. The van der Waals surface area contributed by atoms with Gasteiger partial charge in [-0.05, 0) is 44.4 Å². The number of rotatable bonds is 6. The summed E-state index contributed by atoms with van der Waals surface area (Å²) in [5.74, 6) is -0.0518. The number of hydrogen-bond donors (Lipinski definition) is 3. The van der Waals surface area contributed by atoms with Crippen LogP contribution in [0.4, 0.5) is 11.4 Å². The molecule has 116 valence electrons. The molecule has 21 heavy (non-hydrogen) atoms. The van der Waals surface area contributed by atoms with E-state index in [2.05, 4.69) is 10.2 Å². The summed E-state index contributed by atoms with van der Waals surface area (Å²) in [6.07, 6.45) is 3.42. The zero-order valence-electron chi connectivity index (χ0n) is 12.8. The van der Waals surface area contributed by atoms with Crippen LogP contribution in [0.5, 0.6) is 0 Å². The highest BCUT2D eigenvalue weighted by molar-refractivity contribution is 5.95. The first-order chi connectivity index (χ1) is 10.0. The van der Waals surface area contributed by atoms with Gasteiger partial charge in [-0.25, -0.2) is 0 Å². The van der Waals surface area contributed by atoms with Crippen LogP contribution >= 0.6 is 0 Å². The maximum absolute atomic E-state index is 12.5. The second-order valence-corrected chi connectivity index (χ2v) is 5.73. The van der Waals surface area contributed by atoms with Crippen LogP contribution in [-0.4, -0.2) is 41.1 Å². The monoisotopic (exact) mass is 291 g/mol. The van der Waals surface area contributed by atoms with E-state index in [9.17, 15) is 9.90 Å². The molecule has 1 fully saturated rings. The average molecular weight is 291 g/mol. The summed E-state index contributed by atoms with van der Waals surface area (Å²) in [5, 5.41) is 12.2. The fourth-order valence-electron chi connectivity index (χ4n) is 2.70. The van der Waals surface area contributed by atoms with E-state index in [0.717, 1.165) is 24.1 Å². The van der Waals surface area contributed by atoms with Crippen LogP contribution in [0.25, 0.3) is 0 Å². The molecule has 1 unspecified atom stereocenters. The van der Waals surface area contributed by atoms with Crippen LogP contribution in [0, 0.1) is 6.92 Å². The number of nitrogens with two attached hydrogens (primary N) is 1. The molecule has 1 aliphatic rings. The van der Waals surface area contributed by atoms with Gasteiger partial charge in [-0.2, -0.15) is 0 Å². The Labute approximate surface area is 126 Å². The Kier molecular flexibility index (Phi) is 5.20. The fourth-order valence-corrected chi connectivity index (χ4v) is 2.70. The van der Waals surface area contributed by atoms with Crippen molar-refractivity contribution < 1.29 is 9.90 Å². The molecule has 0 spiro atoms. The number of nitrogens with one attached hydrogen (secondary N) is 1. The number of carbonyl (C=O) groups excluding carboxylic acids is 1. The fraction of sp³-hybridized carbons (Fsp3) is 0.562. The predicted octanol–water partition coefficient (Wildman–Crippen LogP) is 1.75. The third-order valence-electron chi connectivity index (χ3n) is 4.41. The smallest absolute Gasteiger partial charge is 0.241 e. The van der Waals surface area contributed by atoms with Crippen molar-refractivity contribution in [2.24, 2.45) is 0 Å². The van der Waals surface area contributed by atoms with Crippen molar-refractivity contribution in [3.63, 3.8) is 0 Å². The lowest BCUT2D eigenvalue weighted by molar-refractivity contribution is -0.122. The molecule has 1 atom stereocenters. The van der Waals surface area contributed by atoms with Gasteiger partial charge in [-0.3, -0.25) is 9.69 Å². The minimum absolute atomic E-state index is 0.0518. The Morgan fingerprint density at radius 1 is 1.52 bits per heavy atom. The molecule has 1 aromatic carbocycles. The van der Waals surface area contributed by atoms with Crippen molar-refractivity contribution in [2.75, 3.05) is 24.2 Å². The van der Waals surface area contributed by atoms with E-state index in [-0.39, 0.29) is 18.6 Å². The van der Waals surface area contributed by atoms with Gasteiger partial charge in [-0.1, -0.05) is 12.5 Å². The lowest BCUT2D eigenvalue weighted by Gasteiger charge is -2.40. The Morgan fingerprint density at radius 3 is 2.81 bits per heavy atom. The Hall–Kier alpha value is -1.59. The number of carbonyl (C=O) groups is 1. The standard InChI is InChI=1S/C16H25N3O2/c1-11-14(17)7-4-8-15(11)18-16(21)12(2)19(9-10-20)13-5-3-6-13/h4,7-8,12-13,20H,3,5-6,9-10,17H2,1-2H3,(H,18,21). The molecule has 0 saturated heterocycles. The topological polar surface area (TPSA) is 78.6 Å². The summed E-state index contributed by atoms with van der Waals surface area (Å²) in [6.45, 7) is 4.40. The van der Waals surface area contributed by atoms with Gasteiger partial charge in [0, 0.05) is 24.0 Å². The normalized spacial score (nSPS) is 16.6. The number of nitrogens with zero attached hydrogens (tertiary/aromatic N) is 1. The highest BCUT2D eigenvalue weighted by Crippen LogP contribution is 2.27. The lowest BCUT2D eigenvalue weighted by Crippen LogP contribution is -2.51. The molecular formula is C16H25N3O2. The zero-order valence-corrected chi connectivity index (χ0v) is 12.8. The van der Waals surface area contributed by atoms with Crippen molar-refractivity contribution in [1.82, 2.24) is 4.90 Å². The number of hydrogen-bond acceptors (Lipinski definition) is 4. The average Bonchev–Trinajstić information content (AvgIpc) is 2.40. The third kappa shape index (κ3) is 3.54. The summed E-state index contributed by atoms with van der Waals surface area (Å²) in [4.78, 5) is 14.6. The molecule has 1 saturated carbocycles. The number of nitrogen functional groups attached to an aromatic ring is 1. The maximum Gasteiger partial charge on any atom is 0.241 e. The molecule has 5 nitrogen and oxygen atoms in total. The molecule has 1 amide bonds. The number of aliphatic hydroxyl groups excluding tert-OH is 1. The molecule has 5 heteroatoms. The number of benzene rings is 1. The Balaban J connectivity index is 2.05. The lowest BCUT2D eigenvalue weighted by atomic mass is 9.90. The second-order valence-electron chi connectivity index (χ2n) is 5.73. The molecule has 4 N–H and O–H groups in total. The molecule has 2 rings (SSSR count). The minimum Gasteiger partial charge on any atom is -0.398 e. The Morgan fingerprint density at radius 2 is 2.24 bits per heavy atom. The first kappa shape index (κ1) is 15.8. The van der Waals surface area contributed by atoms with Gasteiger partial charge in [0.25, 0.3) is 0 Å². The predicted molar refractivity (Wildman–Crippen MR) is 85.1 cm³/mol. The van der Waals surface area contributed by atoms with Crippen LogP contribution in [0.15, 0.2) is 18.2 Å². The summed E-state index contributed by atoms with van der Waals surface area (Å²) in [7, 11) is 0. The van der Waals surface area contributed by atoms with E-state index in [0.29, 0.717) is 18.3 Å². The molecule has 0 bridgehead atoms. The Bertz CT molecular complexity index is 500. The van der Waals surface area contributed by atoms with Gasteiger partial charge in [0.05, 0.1) is 12.6 Å². The highest BCUT2D eigenvalue weighted by atomic mass is 16.3. The van der Waals surface area contributed by atoms with Crippen LogP contribution in [0.2, 0.25) is 0 Å². The van der Waals surface area contributed by atoms with Crippen LogP contribution in [-0.2, 0) is 4.79 Å². The molecular weight excluding hydrogens is 266 g/mol. The van der Waals surface area contributed by atoms with Crippen LogP contribution < -0.4 is 11.1 Å². The molecule has 0 radical (unpaired) electrons. The van der Waals surface area contributed by atoms with Crippen molar-refractivity contribution in [3.8, 4) is 0 Å². The number of amides is 1. The van der Waals surface area contributed by atoms with E-state index in [1.807, 2.05) is 32.0 Å². The van der Waals surface area contributed by atoms with Gasteiger partial charge in [-0.15, -0.1) is 0 Å². The van der Waals surface area contributed by atoms with Crippen LogP contribution in [0.3, 0.4) is 0 Å². The van der Waals surface area contributed by atoms with Gasteiger partial charge < -0.3 is 16.2 Å². The van der Waals surface area contributed by atoms with E-state index in [4.69, 9.17) is 5.73 Å². The van der Waals surface area contributed by atoms with Crippen molar-refractivity contribution in [2.45, 2.75) is 45.2 Å². The van der Waals surface area contributed by atoms with E-state index in [1.165, 1.54) is 6.42 Å². The summed E-state index contributed by atoms with van der Waals surface area (Å²) in [6, 6.07) is 5.67. The quantitative estimate of drug-likeness (QED) is 0.698. The second kappa shape index (κ2) is 6.91. The van der Waals surface area contributed by atoms with Gasteiger partial charge in [0.1, 0.15) is 0 Å². The first-order valence-electron chi connectivity index (χ1n) is 7.57. The minimum atomic E-state index is -0.261. The van der Waals surface area contributed by atoms with Crippen molar-refractivity contribution in [1.29, 1.82) is 0 Å². The highest BCUT2D eigenvalue weighted by Gasteiger charge is 2.31. The zero-order chi connectivity index (χ0) is 15.4. The molecule has 0 aromatic heterocycles. The van der Waals surface area contributed by atoms with Crippen LogP contribution in [0.1, 0.15) is 31.7 Å². The SMILES string of the molecule is Cc1c(N)cccc1NC(=O)C(C)N(CCO)C1CCC1. The summed E-state index contributed by atoms with van der Waals surface area (Å²) < 4.78 is 0. The van der Waals surface area contributed by atoms with E-state index < -0.39 is 0 Å². The van der Waals surface area contributed by atoms with Crippen molar-refractivity contribution in [3.05, 3.63) is 23.8 Å². The van der Waals surface area contributed by atoms with Gasteiger partial charge in [0.2, 0.25) is 5.91 Å². The summed E-state index contributed by atoms with van der Waals surface area (Å²) >= 11 is 0.